The number of piperazine rings is 1. The molecule has 0 radical (unpaired) electrons. The molecule has 8 nitrogen and oxygen atoms in total. The minimum atomic E-state index is -0.500. The summed E-state index contributed by atoms with van der Waals surface area (Å²) < 4.78 is 13.2. The molecular weight excluding hydrogens is 375 g/mol. The first-order chi connectivity index (χ1) is 13.8. The Morgan fingerprint density at radius 2 is 1.72 bits per heavy atom. The van der Waals surface area contributed by atoms with E-state index < -0.39 is 18.2 Å². The number of nitrogens with zero attached hydrogens (tertiary/aromatic N) is 5. The highest BCUT2D eigenvalue weighted by Crippen LogP contribution is 2.27. The highest BCUT2D eigenvalue weighted by Gasteiger charge is 2.49. The molecular formula is C20H27FN6O2. The maximum Gasteiger partial charge on any atom is 0.325 e. The molecule has 0 aromatic heterocycles. The Morgan fingerprint density at radius 1 is 1.10 bits per heavy atom. The number of fused-ring (bicyclic) bond motifs is 1. The molecule has 3 aliphatic rings. The normalized spacial score (nSPS) is 24.8. The molecule has 2 fully saturated rings. The Labute approximate surface area is 169 Å². The number of imide groups is 1. The number of halogens is 1. The average Bonchev–Trinajstić information content (AvgIpc) is 3.06. The van der Waals surface area contributed by atoms with Crippen molar-refractivity contribution in [3.63, 3.8) is 0 Å². The average molecular weight is 402 g/mol. The summed E-state index contributed by atoms with van der Waals surface area (Å²) in [5.74, 6) is 0.596. The number of benzene rings is 1. The van der Waals surface area contributed by atoms with Gasteiger partial charge in [0.1, 0.15) is 5.82 Å². The number of hydrogen-bond acceptors (Lipinski definition) is 6. The summed E-state index contributed by atoms with van der Waals surface area (Å²) in [5, 5.41) is 2.44. The van der Waals surface area contributed by atoms with Crippen molar-refractivity contribution in [1.82, 2.24) is 20.0 Å². The van der Waals surface area contributed by atoms with Gasteiger partial charge in [-0.15, -0.1) is 0 Å². The fraction of sp³-hybridized carbons (Fsp3) is 0.550. The lowest BCUT2D eigenvalue weighted by molar-refractivity contribution is -0.127. The molecule has 1 aromatic rings. The molecule has 2 saturated heterocycles. The van der Waals surface area contributed by atoms with Crippen LogP contribution in [0.5, 0.6) is 0 Å². The molecule has 0 saturated carbocycles. The van der Waals surface area contributed by atoms with Crippen LogP contribution in [-0.4, -0.2) is 84.6 Å². The SMILES string of the molecule is CC(C)CN1C(N2CCN(c3ccc(F)cc3)CC2)=NC2C1C(=O)NC(=O)N2C. The van der Waals surface area contributed by atoms with Gasteiger partial charge in [-0.05, 0) is 30.2 Å². The van der Waals surface area contributed by atoms with E-state index in [1.54, 1.807) is 19.2 Å². The summed E-state index contributed by atoms with van der Waals surface area (Å²) in [6.07, 6.45) is -0.500. The minimum absolute atomic E-state index is 0.239. The monoisotopic (exact) mass is 402 g/mol. The van der Waals surface area contributed by atoms with Gasteiger partial charge in [-0.3, -0.25) is 10.1 Å². The Balaban J connectivity index is 1.52. The summed E-state index contributed by atoms with van der Waals surface area (Å²) in [6, 6.07) is 5.63. The first-order valence-electron chi connectivity index (χ1n) is 10.0. The Bertz CT molecular complexity index is 819. The highest BCUT2D eigenvalue weighted by atomic mass is 19.1. The van der Waals surface area contributed by atoms with E-state index >= 15 is 0 Å². The van der Waals surface area contributed by atoms with Crippen molar-refractivity contribution in [2.24, 2.45) is 10.9 Å². The van der Waals surface area contributed by atoms with Gasteiger partial charge in [-0.25, -0.2) is 14.2 Å². The van der Waals surface area contributed by atoms with Crippen molar-refractivity contribution in [2.45, 2.75) is 26.1 Å². The van der Waals surface area contributed by atoms with Crippen LogP contribution >= 0.6 is 0 Å². The summed E-state index contributed by atoms with van der Waals surface area (Å²) in [7, 11) is 1.67. The molecule has 2 atom stereocenters. The standard InChI is InChI=1S/C20H27FN6O2/c1-13(2)12-27-16-17(24(3)20(29)23-18(16)28)22-19(27)26-10-8-25(9-11-26)15-6-4-14(21)5-7-15/h4-7,13,16-17H,8-12H2,1-3H3,(H,23,28,29). The van der Waals surface area contributed by atoms with Crippen LogP contribution in [0.25, 0.3) is 0 Å². The first-order valence-corrected chi connectivity index (χ1v) is 10.0. The quantitative estimate of drug-likeness (QED) is 0.821. The third kappa shape index (κ3) is 3.61. The zero-order valence-electron chi connectivity index (χ0n) is 17.0. The van der Waals surface area contributed by atoms with Crippen molar-refractivity contribution in [2.75, 3.05) is 44.7 Å². The number of anilines is 1. The van der Waals surface area contributed by atoms with Gasteiger partial charge in [0.05, 0.1) is 0 Å². The lowest BCUT2D eigenvalue weighted by Crippen LogP contribution is -2.65. The number of amides is 3. The van der Waals surface area contributed by atoms with Gasteiger partial charge in [-0.2, -0.15) is 0 Å². The molecule has 4 rings (SSSR count). The van der Waals surface area contributed by atoms with Crippen LogP contribution < -0.4 is 10.2 Å². The van der Waals surface area contributed by atoms with Crippen LogP contribution in [0.4, 0.5) is 14.9 Å². The van der Waals surface area contributed by atoms with E-state index in [1.165, 1.54) is 17.0 Å². The van der Waals surface area contributed by atoms with Crippen LogP contribution in [0.1, 0.15) is 13.8 Å². The van der Waals surface area contributed by atoms with E-state index in [-0.39, 0.29) is 11.7 Å². The van der Waals surface area contributed by atoms with Crippen LogP contribution in [0, 0.1) is 11.7 Å². The molecule has 3 aliphatic heterocycles. The van der Waals surface area contributed by atoms with Crippen molar-refractivity contribution < 1.29 is 14.0 Å². The fourth-order valence-corrected chi connectivity index (χ4v) is 4.18. The molecule has 1 N–H and O–H groups in total. The molecule has 2 unspecified atom stereocenters. The van der Waals surface area contributed by atoms with E-state index in [1.807, 2.05) is 4.90 Å². The molecule has 9 heteroatoms. The molecule has 29 heavy (non-hydrogen) atoms. The maximum absolute atomic E-state index is 13.2. The third-order valence-corrected chi connectivity index (χ3v) is 5.65. The molecule has 3 amide bonds. The molecule has 0 spiro atoms. The molecule has 3 heterocycles. The highest BCUT2D eigenvalue weighted by molar-refractivity contribution is 6.03. The lowest BCUT2D eigenvalue weighted by atomic mass is 10.1. The predicted octanol–water partition coefficient (Wildman–Crippen LogP) is 1.15. The number of likely N-dealkylation sites (N-methyl/N-ethyl adjacent to an activating group) is 1. The van der Waals surface area contributed by atoms with Gasteiger partial charge in [0.15, 0.2) is 18.2 Å². The van der Waals surface area contributed by atoms with E-state index in [0.717, 1.165) is 37.8 Å². The second kappa shape index (κ2) is 7.53. The number of aliphatic imine (C=N–C) groups is 1. The number of hydrogen-bond donors (Lipinski definition) is 1. The molecule has 156 valence electrons. The van der Waals surface area contributed by atoms with E-state index in [4.69, 9.17) is 4.99 Å². The van der Waals surface area contributed by atoms with Gasteiger partial charge in [0, 0.05) is 45.5 Å². The number of rotatable bonds is 3. The van der Waals surface area contributed by atoms with E-state index in [0.29, 0.717) is 12.5 Å². The van der Waals surface area contributed by atoms with E-state index in [2.05, 4.69) is 29.0 Å². The maximum atomic E-state index is 13.2. The van der Waals surface area contributed by atoms with Gasteiger partial charge < -0.3 is 19.6 Å². The second-order valence-electron chi connectivity index (χ2n) is 8.19. The van der Waals surface area contributed by atoms with Crippen molar-refractivity contribution in [1.29, 1.82) is 0 Å². The van der Waals surface area contributed by atoms with Crippen molar-refractivity contribution in [3.05, 3.63) is 30.1 Å². The Morgan fingerprint density at radius 3 is 2.34 bits per heavy atom. The lowest BCUT2D eigenvalue weighted by Gasteiger charge is -2.41. The summed E-state index contributed by atoms with van der Waals surface area (Å²) in [6.45, 7) is 7.92. The Kier molecular flexibility index (Phi) is 5.06. The van der Waals surface area contributed by atoms with Crippen LogP contribution in [-0.2, 0) is 4.79 Å². The van der Waals surface area contributed by atoms with Crippen LogP contribution in [0.2, 0.25) is 0 Å². The summed E-state index contributed by atoms with van der Waals surface area (Å²) in [4.78, 5) is 37.4. The van der Waals surface area contributed by atoms with Gasteiger partial charge >= 0.3 is 6.03 Å². The smallest absolute Gasteiger partial charge is 0.325 e. The second-order valence-corrected chi connectivity index (χ2v) is 8.19. The Hall–Kier alpha value is -2.84. The van der Waals surface area contributed by atoms with Crippen molar-refractivity contribution >= 4 is 23.6 Å². The third-order valence-electron chi connectivity index (χ3n) is 5.65. The number of nitrogens with one attached hydrogen (secondary N) is 1. The van der Waals surface area contributed by atoms with E-state index in [9.17, 15) is 14.0 Å². The zero-order valence-corrected chi connectivity index (χ0v) is 17.0. The summed E-state index contributed by atoms with van der Waals surface area (Å²) in [5.41, 5.74) is 0.997. The van der Waals surface area contributed by atoms with Gasteiger partial charge in [0.25, 0.3) is 5.91 Å². The van der Waals surface area contributed by atoms with Crippen LogP contribution in [0.15, 0.2) is 29.3 Å². The van der Waals surface area contributed by atoms with Gasteiger partial charge in [0.2, 0.25) is 0 Å². The first kappa shape index (κ1) is 19.5. The fourth-order valence-electron chi connectivity index (χ4n) is 4.18. The minimum Gasteiger partial charge on any atom is -0.368 e. The zero-order chi connectivity index (χ0) is 20.7. The number of guanidine groups is 1. The molecule has 0 aliphatic carbocycles. The number of carbonyl (C=O) groups is 2. The topological polar surface area (TPSA) is 71.5 Å². The number of urea groups is 1. The molecule has 1 aromatic carbocycles. The predicted molar refractivity (Wildman–Crippen MR) is 108 cm³/mol. The summed E-state index contributed by atoms with van der Waals surface area (Å²) >= 11 is 0. The van der Waals surface area contributed by atoms with Crippen LogP contribution in [0.3, 0.4) is 0 Å². The largest absolute Gasteiger partial charge is 0.368 e. The van der Waals surface area contributed by atoms with Crippen molar-refractivity contribution in [3.8, 4) is 0 Å². The van der Waals surface area contributed by atoms with Gasteiger partial charge in [-0.1, -0.05) is 13.8 Å². The number of carbonyl (C=O) groups excluding carboxylic acids is 2. The molecule has 0 bridgehead atoms.